The molecule has 0 fully saturated rings. The van der Waals surface area contributed by atoms with Crippen molar-refractivity contribution in [3.05, 3.63) is 47.0 Å². The topological polar surface area (TPSA) is 67.0 Å². The second-order valence-electron chi connectivity index (χ2n) is 5.01. The van der Waals surface area contributed by atoms with E-state index >= 15 is 0 Å². The molecule has 0 aliphatic heterocycles. The van der Waals surface area contributed by atoms with Gasteiger partial charge in [0.05, 0.1) is 7.11 Å². The molecule has 0 bridgehead atoms. The van der Waals surface area contributed by atoms with Crippen LogP contribution in [0.2, 0.25) is 0 Å². The van der Waals surface area contributed by atoms with Crippen LogP contribution in [-0.2, 0) is 6.54 Å². The van der Waals surface area contributed by atoms with Gasteiger partial charge in [0.25, 0.3) is 5.91 Å². The molecule has 0 unspecified atom stereocenters. The Morgan fingerprint density at radius 3 is 2.76 bits per heavy atom. The molecule has 5 nitrogen and oxygen atoms in total. The molecular formula is C15H18FN3O2. The summed E-state index contributed by atoms with van der Waals surface area (Å²) in [6.07, 6.45) is 0. The fourth-order valence-corrected chi connectivity index (χ4v) is 1.84. The number of H-pyrrole nitrogens is 1. The van der Waals surface area contributed by atoms with E-state index in [0.29, 0.717) is 11.3 Å². The first kappa shape index (κ1) is 15.0. The summed E-state index contributed by atoms with van der Waals surface area (Å²) < 4.78 is 18.4. The number of rotatable bonds is 5. The largest absolute Gasteiger partial charge is 0.494 e. The molecule has 21 heavy (non-hydrogen) atoms. The molecule has 112 valence electrons. The zero-order valence-corrected chi connectivity index (χ0v) is 12.2. The van der Waals surface area contributed by atoms with Crippen molar-refractivity contribution in [3.63, 3.8) is 0 Å². The van der Waals surface area contributed by atoms with Crippen molar-refractivity contribution in [2.75, 3.05) is 7.11 Å². The monoisotopic (exact) mass is 291 g/mol. The van der Waals surface area contributed by atoms with E-state index in [1.165, 1.54) is 19.2 Å². The number of nitrogens with one attached hydrogen (secondary N) is 2. The molecule has 1 aromatic heterocycles. The Labute approximate surface area is 122 Å². The van der Waals surface area contributed by atoms with Crippen LogP contribution < -0.4 is 10.1 Å². The molecule has 2 N–H and O–H groups in total. The number of methoxy groups -OCH3 is 1. The second kappa shape index (κ2) is 6.39. The number of amides is 1. The lowest BCUT2D eigenvalue weighted by molar-refractivity contribution is 0.0946. The van der Waals surface area contributed by atoms with Crippen LogP contribution in [0.5, 0.6) is 5.75 Å². The zero-order chi connectivity index (χ0) is 15.4. The molecule has 1 amide bonds. The van der Waals surface area contributed by atoms with E-state index in [0.717, 1.165) is 5.69 Å². The van der Waals surface area contributed by atoms with Gasteiger partial charge in [0, 0.05) is 12.2 Å². The highest BCUT2D eigenvalue weighted by Gasteiger charge is 2.12. The van der Waals surface area contributed by atoms with Gasteiger partial charge in [-0.25, -0.2) is 4.39 Å². The van der Waals surface area contributed by atoms with Crippen LogP contribution in [0.4, 0.5) is 4.39 Å². The SMILES string of the molecule is COc1ccc(CNC(=O)c2cc(C(C)C)[nH]n2)cc1F. The van der Waals surface area contributed by atoms with Crippen molar-refractivity contribution >= 4 is 5.91 Å². The normalized spacial score (nSPS) is 10.7. The maximum absolute atomic E-state index is 13.5. The highest BCUT2D eigenvalue weighted by atomic mass is 19.1. The average molecular weight is 291 g/mol. The predicted octanol–water partition coefficient (Wildman–Crippen LogP) is 2.61. The molecule has 0 saturated heterocycles. The van der Waals surface area contributed by atoms with E-state index in [1.807, 2.05) is 13.8 Å². The molecule has 1 heterocycles. The third kappa shape index (κ3) is 3.59. The first-order chi connectivity index (χ1) is 10.0. The number of ether oxygens (including phenoxy) is 1. The van der Waals surface area contributed by atoms with E-state index in [9.17, 15) is 9.18 Å². The molecule has 0 spiro atoms. The lowest BCUT2D eigenvalue weighted by Gasteiger charge is -2.06. The van der Waals surface area contributed by atoms with E-state index in [-0.39, 0.29) is 24.1 Å². The lowest BCUT2D eigenvalue weighted by atomic mass is 10.1. The summed E-state index contributed by atoms with van der Waals surface area (Å²) in [5.74, 6) is -0.297. The molecule has 0 aliphatic carbocycles. The molecule has 1 aromatic carbocycles. The highest BCUT2D eigenvalue weighted by molar-refractivity contribution is 5.92. The molecule has 6 heteroatoms. The van der Waals surface area contributed by atoms with Gasteiger partial charge in [0.15, 0.2) is 11.6 Å². The van der Waals surface area contributed by atoms with Gasteiger partial charge in [-0.1, -0.05) is 19.9 Å². The van der Waals surface area contributed by atoms with Gasteiger partial charge in [-0.2, -0.15) is 5.10 Å². The molecule has 0 saturated carbocycles. The zero-order valence-electron chi connectivity index (χ0n) is 12.2. The fourth-order valence-electron chi connectivity index (χ4n) is 1.84. The Kier molecular flexibility index (Phi) is 4.57. The Hall–Kier alpha value is -2.37. The van der Waals surface area contributed by atoms with Gasteiger partial charge < -0.3 is 10.1 Å². The van der Waals surface area contributed by atoms with Crippen molar-refractivity contribution in [1.82, 2.24) is 15.5 Å². The summed E-state index contributed by atoms with van der Waals surface area (Å²) in [4.78, 5) is 11.9. The third-order valence-electron chi connectivity index (χ3n) is 3.12. The number of aromatic nitrogens is 2. The van der Waals surface area contributed by atoms with E-state index in [2.05, 4.69) is 15.5 Å². The number of halogens is 1. The number of hydrogen-bond acceptors (Lipinski definition) is 3. The van der Waals surface area contributed by atoms with Crippen molar-refractivity contribution in [1.29, 1.82) is 0 Å². The number of aromatic amines is 1. The third-order valence-corrected chi connectivity index (χ3v) is 3.12. The molecular weight excluding hydrogens is 273 g/mol. The van der Waals surface area contributed by atoms with Gasteiger partial charge in [-0.05, 0) is 29.7 Å². The van der Waals surface area contributed by atoms with Crippen LogP contribution in [0.15, 0.2) is 24.3 Å². The average Bonchev–Trinajstić information content (AvgIpc) is 2.95. The minimum absolute atomic E-state index is 0.180. The molecule has 0 atom stereocenters. The highest BCUT2D eigenvalue weighted by Crippen LogP contribution is 2.17. The van der Waals surface area contributed by atoms with Crippen LogP contribution >= 0.6 is 0 Å². The first-order valence-electron chi connectivity index (χ1n) is 6.67. The molecule has 0 radical (unpaired) electrons. The summed E-state index contributed by atoms with van der Waals surface area (Å²) in [5.41, 5.74) is 1.88. The Balaban J connectivity index is 1.98. The van der Waals surface area contributed by atoms with E-state index in [4.69, 9.17) is 4.74 Å². The minimum atomic E-state index is -0.453. The van der Waals surface area contributed by atoms with Crippen molar-refractivity contribution in [2.24, 2.45) is 0 Å². The number of hydrogen-bond donors (Lipinski definition) is 2. The van der Waals surface area contributed by atoms with Gasteiger partial charge in [-0.15, -0.1) is 0 Å². The Bertz CT molecular complexity index is 638. The summed E-state index contributed by atoms with van der Waals surface area (Å²) >= 11 is 0. The molecule has 2 rings (SSSR count). The summed E-state index contributed by atoms with van der Waals surface area (Å²) in [6.45, 7) is 4.24. The number of carbonyl (C=O) groups excluding carboxylic acids is 1. The van der Waals surface area contributed by atoms with Crippen LogP contribution in [0.1, 0.15) is 41.5 Å². The van der Waals surface area contributed by atoms with Crippen molar-refractivity contribution in [3.8, 4) is 5.75 Å². The summed E-state index contributed by atoms with van der Waals surface area (Å²) in [7, 11) is 1.41. The van der Waals surface area contributed by atoms with Gasteiger partial charge in [-0.3, -0.25) is 9.89 Å². The maximum Gasteiger partial charge on any atom is 0.272 e. The Morgan fingerprint density at radius 2 is 2.19 bits per heavy atom. The quantitative estimate of drug-likeness (QED) is 0.890. The van der Waals surface area contributed by atoms with Crippen molar-refractivity contribution < 1.29 is 13.9 Å². The second-order valence-corrected chi connectivity index (χ2v) is 5.01. The maximum atomic E-state index is 13.5. The van der Waals surface area contributed by atoms with Gasteiger partial charge in [0.2, 0.25) is 0 Å². The standard InChI is InChI=1S/C15H18FN3O2/c1-9(2)12-7-13(19-18-12)15(20)17-8-10-4-5-14(21-3)11(16)6-10/h4-7,9H,8H2,1-3H3,(H,17,20)(H,18,19). The van der Waals surface area contributed by atoms with Crippen LogP contribution in [-0.4, -0.2) is 23.2 Å². The summed E-state index contributed by atoms with van der Waals surface area (Å²) in [5, 5.41) is 9.49. The number of nitrogens with zero attached hydrogens (tertiary/aromatic N) is 1. The first-order valence-corrected chi connectivity index (χ1v) is 6.67. The molecule has 2 aromatic rings. The van der Waals surface area contributed by atoms with Crippen LogP contribution in [0, 0.1) is 5.82 Å². The Morgan fingerprint density at radius 1 is 1.43 bits per heavy atom. The minimum Gasteiger partial charge on any atom is -0.494 e. The molecule has 0 aliphatic rings. The van der Waals surface area contributed by atoms with E-state index in [1.54, 1.807) is 12.1 Å². The van der Waals surface area contributed by atoms with Gasteiger partial charge in [0.1, 0.15) is 5.69 Å². The lowest BCUT2D eigenvalue weighted by Crippen LogP contribution is -2.23. The van der Waals surface area contributed by atoms with E-state index < -0.39 is 5.82 Å². The van der Waals surface area contributed by atoms with Gasteiger partial charge >= 0.3 is 0 Å². The fraction of sp³-hybridized carbons (Fsp3) is 0.333. The predicted molar refractivity (Wildman–Crippen MR) is 76.8 cm³/mol. The summed E-state index contributed by atoms with van der Waals surface area (Å²) in [6, 6.07) is 6.28. The van der Waals surface area contributed by atoms with Crippen LogP contribution in [0.25, 0.3) is 0 Å². The van der Waals surface area contributed by atoms with Crippen molar-refractivity contribution in [2.45, 2.75) is 26.3 Å². The number of benzene rings is 1. The smallest absolute Gasteiger partial charge is 0.272 e. The number of carbonyl (C=O) groups is 1. The van der Waals surface area contributed by atoms with Crippen LogP contribution in [0.3, 0.4) is 0 Å².